The van der Waals surface area contributed by atoms with Crippen molar-refractivity contribution in [2.75, 3.05) is 0 Å². The first-order valence-corrected chi connectivity index (χ1v) is 12.5. The number of hydrogen-bond acceptors (Lipinski definition) is 2. The number of nitrogens with one attached hydrogen (secondary N) is 2. The van der Waals surface area contributed by atoms with Gasteiger partial charge in [-0.3, -0.25) is 0 Å². The molecule has 0 saturated carbocycles. The normalized spacial score (nSPS) is 12.2. The van der Waals surface area contributed by atoms with Gasteiger partial charge in [0.1, 0.15) is 0 Å². The molecule has 3 aliphatic rings. The van der Waals surface area contributed by atoms with E-state index in [0.29, 0.717) is 0 Å². The second-order valence-corrected chi connectivity index (χ2v) is 9.40. The molecule has 2 aromatic carbocycles. The molecule has 0 radical (unpaired) electrons. The lowest BCUT2D eigenvalue weighted by molar-refractivity contribution is 1.26. The molecule has 5 heteroatoms. The first-order valence-electron chi connectivity index (χ1n) is 12.5. The van der Waals surface area contributed by atoms with Gasteiger partial charge in [-0.15, -0.1) is 0 Å². The molecule has 0 atom stereocenters. The fourth-order valence-corrected chi connectivity index (χ4v) is 5.02. The number of rotatable bonds is 0. The van der Waals surface area contributed by atoms with Gasteiger partial charge in [0.25, 0.3) is 0 Å². The summed E-state index contributed by atoms with van der Waals surface area (Å²) in [5.74, 6) is 0. The molecular weight excluding hydrogens is 480 g/mol. The number of nitrogens with zero attached hydrogens (tertiary/aromatic N) is 2. The molecule has 38 heavy (non-hydrogen) atoms. The van der Waals surface area contributed by atoms with Crippen molar-refractivity contribution in [2.24, 2.45) is 0 Å². The van der Waals surface area contributed by atoms with Crippen LogP contribution in [0, 0.1) is 0 Å². The highest BCUT2D eigenvalue weighted by atomic mass is 28.1. The van der Waals surface area contributed by atoms with Crippen LogP contribution in [0.15, 0.2) is 97.1 Å². The first kappa shape index (κ1) is 23.6. The van der Waals surface area contributed by atoms with Gasteiger partial charge in [-0.1, -0.05) is 48.5 Å². The molecule has 8 bridgehead atoms. The average molecular weight is 509 g/mol. The van der Waals surface area contributed by atoms with Crippen molar-refractivity contribution in [2.45, 2.75) is 6.42 Å². The van der Waals surface area contributed by atoms with Gasteiger partial charge in [-0.2, -0.15) is 0 Å². The molecule has 0 amide bonds. The summed E-state index contributed by atoms with van der Waals surface area (Å²) in [7, 11) is 0. The van der Waals surface area contributed by atoms with E-state index in [9.17, 15) is 0 Å². The second kappa shape index (κ2) is 9.96. The van der Waals surface area contributed by atoms with E-state index >= 15 is 0 Å². The molecular formula is C33H28N4Si. The third-order valence-corrected chi connectivity index (χ3v) is 6.75. The smallest absolute Gasteiger partial charge is 0.0658 e. The van der Waals surface area contributed by atoms with Crippen molar-refractivity contribution in [3.05, 3.63) is 131 Å². The fraction of sp³-hybridized carbons (Fsp3) is 0.0303. The maximum atomic E-state index is 4.63. The minimum Gasteiger partial charge on any atom is -0.355 e. The lowest BCUT2D eigenvalue weighted by Gasteiger charge is -1.98. The summed E-state index contributed by atoms with van der Waals surface area (Å²) in [6.45, 7) is 0. The van der Waals surface area contributed by atoms with Crippen LogP contribution in [-0.4, -0.2) is 30.9 Å². The fourth-order valence-electron chi connectivity index (χ4n) is 5.02. The number of H-pyrrole nitrogens is 2. The molecule has 0 saturated heterocycles. The van der Waals surface area contributed by atoms with Crippen LogP contribution < -0.4 is 0 Å². The summed E-state index contributed by atoms with van der Waals surface area (Å²) in [4.78, 5) is 16.0. The third kappa shape index (κ3) is 4.79. The van der Waals surface area contributed by atoms with Crippen LogP contribution in [0.5, 0.6) is 0 Å². The largest absolute Gasteiger partial charge is 0.355 e. The molecule has 3 aromatic heterocycles. The summed E-state index contributed by atoms with van der Waals surface area (Å²) in [5, 5.41) is 0. The molecule has 4 nitrogen and oxygen atoms in total. The number of aromatic amines is 2. The number of hydrogen-bond donors (Lipinski definition) is 2. The molecule has 5 aromatic rings. The van der Waals surface area contributed by atoms with Gasteiger partial charge in [0.05, 0.1) is 22.8 Å². The van der Waals surface area contributed by atoms with Crippen molar-refractivity contribution < 1.29 is 0 Å². The van der Waals surface area contributed by atoms with Crippen molar-refractivity contribution in [3.8, 4) is 11.1 Å². The molecule has 0 unspecified atom stereocenters. The second-order valence-electron chi connectivity index (χ2n) is 9.40. The quantitative estimate of drug-likeness (QED) is 0.231. The zero-order valence-electron chi connectivity index (χ0n) is 20.1. The Morgan fingerprint density at radius 1 is 0.447 bits per heavy atom. The minimum absolute atomic E-state index is 0. The molecule has 0 fully saturated rings. The molecule has 2 N–H and O–H groups in total. The molecule has 0 spiro atoms. The van der Waals surface area contributed by atoms with Gasteiger partial charge in [0, 0.05) is 22.1 Å². The Kier molecular flexibility index (Phi) is 6.20. The van der Waals surface area contributed by atoms with Crippen LogP contribution in [0.3, 0.4) is 0 Å². The summed E-state index contributed by atoms with van der Waals surface area (Å²) in [6, 6.07) is 33.7. The van der Waals surface area contributed by atoms with E-state index in [4.69, 9.17) is 0 Å². The number of benzene rings is 2. The maximum absolute atomic E-state index is 4.63. The Balaban J connectivity index is 0.000000160. The highest BCUT2D eigenvalue weighted by Gasteiger charge is 2.15. The number of fused-ring (bicyclic) bond motifs is 11. The van der Waals surface area contributed by atoms with Crippen LogP contribution >= 0.6 is 0 Å². The number of aromatic nitrogens is 4. The van der Waals surface area contributed by atoms with E-state index in [1.165, 1.54) is 22.3 Å². The highest BCUT2D eigenvalue weighted by Crippen LogP contribution is 2.35. The summed E-state index contributed by atoms with van der Waals surface area (Å²) in [5.41, 5.74) is 13.6. The van der Waals surface area contributed by atoms with E-state index in [0.717, 1.165) is 51.3 Å². The van der Waals surface area contributed by atoms with E-state index < -0.39 is 0 Å². The highest BCUT2D eigenvalue weighted by molar-refractivity contribution is 5.78. The summed E-state index contributed by atoms with van der Waals surface area (Å²) >= 11 is 0. The first-order chi connectivity index (χ1) is 18.2. The van der Waals surface area contributed by atoms with Crippen molar-refractivity contribution in [1.82, 2.24) is 19.9 Å². The minimum atomic E-state index is 0. The Hall–Kier alpha value is -4.74. The van der Waals surface area contributed by atoms with Gasteiger partial charge in [0.2, 0.25) is 0 Å². The van der Waals surface area contributed by atoms with Crippen LogP contribution in [0.1, 0.15) is 33.9 Å². The lowest BCUT2D eigenvalue weighted by atomic mass is 10.1. The van der Waals surface area contributed by atoms with Crippen LogP contribution in [-0.2, 0) is 6.42 Å². The standard InChI is InChI=1S/C20H14N4.C13H10.H4Si/c1-2-14-10-16-5-6-18(23-16)12-20-8-7-19(24-20)11-17-4-3-15(22-17)9-13(1)21-14;1-3-7-12-10(5-1)9-11-6-2-4-8-13(11)12;/h1-12,21,24H;1-8H,9H2;1H4. The summed E-state index contributed by atoms with van der Waals surface area (Å²) in [6.07, 6.45) is 9.19. The molecule has 5 heterocycles. The monoisotopic (exact) mass is 508 g/mol. The zero-order chi connectivity index (χ0) is 24.6. The van der Waals surface area contributed by atoms with E-state index in [1.54, 1.807) is 0 Å². The Morgan fingerprint density at radius 3 is 1.16 bits per heavy atom. The lowest BCUT2D eigenvalue weighted by Crippen LogP contribution is -1.77. The van der Waals surface area contributed by atoms with Gasteiger partial charge in [-0.25, -0.2) is 9.97 Å². The van der Waals surface area contributed by atoms with Crippen molar-refractivity contribution in [1.29, 1.82) is 0 Å². The van der Waals surface area contributed by atoms with Crippen LogP contribution in [0.4, 0.5) is 0 Å². The average Bonchev–Trinajstić information content (AvgIpc) is 3.73. The van der Waals surface area contributed by atoms with E-state index in [1.807, 2.05) is 48.6 Å². The predicted molar refractivity (Wildman–Crippen MR) is 165 cm³/mol. The van der Waals surface area contributed by atoms with Crippen molar-refractivity contribution in [3.63, 3.8) is 0 Å². The van der Waals surface area contributed by atoms with Gasteiger partial charge >= 0.3 is 0 Å². The molecule has 184 valence electrons. The van der Waals surface area contributed by atoms with E-state index in [2.05, 4.69) is 92.7 Å². The van der Waals surface area contributed by atoms with Gasteiger partial charge in [0.15, 0.2) is 0 Å². The Labute approximate surface area is 225 Å². The van der Waals surface area contributed by atoms with Gasteiger partial charge in [-0.05, 0) is 112 Å². The molecule has 1 aliphatic carbocycles. The SMILES string of the molecule is C1=Cc2cc3ccc(cc4nc(cc5ccc(cc1n2)[nH]5)C=C4)[nH]3.[SiH4].c1ccc2c(c1)Cc1ccccc1-2. The Morgan fingerprint density at radius 2 is 0.789 bits per heavy atom. The van der Waals surface area contributed by atoms with Crippen molar-refractivity contribution >= 4 is 57.3 Å². The van der Waals surface area contributed by atoms with Crippen LogP contribution in [0.2, 0.25) is 0 Å². The van der Waals surface area contributed by atoms with Gasteiger partial charge < -0.3 is 9.97 Å². The van der Waals surface area contributed by atoms with Crippen LogP contribution in [0.25, 0.3) is 57.5 Å². The molecule has 8 rings (SSSR count). The summed E-state index contributed by atoms with van der Waals surface area (Å²) < 4.78 is 0. The maximum Gasteiger partial charge on any atom is 0.0658 e. The topological polar surface area (TPSA) is 57.4 Å². The zero-order valence-corrected chi connectivity index (χ0v) is 20.1. The third-order valence-electron chi connectivity index (χ3n) is 6.75. The predicted octanol–water partition coefficient (Wildman–Crippen LogP) is 6.46. The van der Waals surface area contributed by atoms with E-state index in [-0.39, 0.29) is 11.0 Å². The molecule has 2 aliphatic heterocycles. The Bertz CT molecular complexity index is 1660.